The van der Waals surface area contributed by atoms with Crippen molar-refractivity contribution < 1.29 is 5.11 Å². The van der Waals surface area contributed by atoms with Crippen LogP contribution in [0.2, 0.25) is 0 Å². The summed E-state index contributed by atoms with van der Waals surface area (Å²) in [5.74, 6) is 1.82. The number of hydrogen-bond acceptors (Lipinski definition) is 1. The zero-order valence-electron chi connectivity index (χ0n) is 19.7. The summed E-state index contributed by atoms with van der Waals surface area (Å²) in [6.45, 7) is 11.8. The van der Waals surface area contributed by atoms with Crippen molar-refractivity contribution in [1.82, 2.24) is 4.98 Å². The molecular formula is C28H41NO. The van der Waals surface area contributed by atoms with E-state index in [0.29, 0.717) is 17.8 Å². The normalized spacial score (nSPS) is 36.5. The summed E-state index contributed by atoms with van der Waals surface area (Å²) in [7, 11) is 0. The van der Waals surface area contributed by atoms with Gasteiger partial charge in [0.2, 0.25) is 0 Å². The number of allylic oxidation sites excluding steroid dienone is 2. The number of rotatable bonds is 5. The van der Waals surface area contributed by atoms with Gasteiger partial charge in [-0.25, -0.2) is 0 Å². The molecule has 2 aliphatic carbocycles. The lowest BCUT2D eigenvalue weighted by atomic mass is 9.40. The molecule has 0 spiro atoms. The zero-order chi connectivity index (χ0) is 21.5. The highest BCUT2D eigenvalue weighted by Gasteiger charge is 2.63. The van der Waals surface area contributed by atoms with Gasteiger partial charge in [0.15, 0.2) is 0 Å². The van der Waals surface area contributed by atoms with Crippen molar-refractivity contribution in [1.29, 1.82) is 0 Å². The third kappa shape index (κ3) is 3.36. The number of fused-ring (bicyclic) bond motifs is 2. The van der Waals surface area contributed by atoms with Gasteiger partial charge >= 0.3 is 0 Å². The molecule has 2 saturated carbocycles. The minimum Gasteiger partial charge on any atom is -0.393 e. The highest BCUT2D eigenvalue weighted by atomic mass is 16.3. The van der Waals surface area contributed by atoms with Crippen molar-refractivity contribution >= 4 is 10.9 Å². The fourth-order valence-corrected chi connectivity index (χ4v) is 7.37. The maximum atomic E-state index is 11.7. The van der Waals surface area contributed by atoms with Crippen molar-refractivity contribution in [2.75, 3.05) is 0 Å². The number of para-hydroxylation sites is 1. The van der Waals surface area contributed by atoms with E-state index in [4.69, 9.17) is 0 Å². The van der Waals surface area contributed by atoms with Crippen LogP contribution in [0.15, 0.2) is 42.1 Å². The molecule has 2 N–H and O–H groups in total. The predicted molar refractivity (Wildman–Crippen MR) is 128 cm³/mol. The summed E-state index contributed by atoms with van der Waals surface area (Å²) in [6.07, 6.45) is 12.3. The van der Waals surface area contributed by atoms with Crippen LogP contribution in [-0.4, -0.2) is 16.2 Å². The summed E-state index contributed by atoms with van der Waals surface area (Å²) in [5.41, 5.74) is 4.26. The van der Waals surface area contributed by atoms with E-state index >= 15 is 0 Å². The van der Waals surface area contributed by atoms with E-state index in [1.54, 1.807) is 0 Å². The van der Waals surface area contributed by atoms with Crippen LogP contribution in [-0.2, 0) is 6.42 Å². The Balaban J connectivity index is 1.79. The van der Waals surface area contributed by atoms with E-state index in [9.17, 15) is 5.11 Å². The van der Waals surface area contributed by atoms with Crippen molar-refractivity contribution in [3.63, 3.8) is 0 Å². The molecule has 2 fully saturated rings. The molecule has 164 valence electrons. The lowest BCUT2D eigenvalue weighted by Crippen LogP contribution is -2.62. The van der Waals surface area contributed by atoms with E-state index < -0.39 is 0 Å². The highest BCUT2D eigenvalue weighted by Crippen LogP contribution is 2.67. The van der Waals surface area contributed by atoms with Crippen molar-refractivity contribution in [3.05, 3.63) is 47.7 Å². The largest absolute Gasteiger partial charge is 0.393 e. The molecule has 2 aromatic rings. The SMILES string of the molecule is CC(C)=CCC[C@]12[C@H](O)CC[C@H](C)[C@@]1(C)CC[C@H](C)[C@@H]2Cc1c[nH]c2ccccc12. The van der Waals surface area contributed by atoms with Crippen molar-refractivity contribution in [3.8, 4) is 0 Å². The number of hydrogen-bond donors (Lipinski definition) is 2. The van der Waals surface area contributed by atoms with Crippen LogP contribution < -0.4 is 0 Å². The molecule has 2 heteroatoms. The van der Waals surface area contributed by atoms with E-state index in [1.165, 1.54) is 34.9 Å². The number of H-pyrrole nitrogens is 1. The topological polar surface area (TPSA) is 36.0 Å². The van der Waals surface area contributed by atoms with Gasteiger partial charge in [-0.1, -0.05) is 50.6 Å². The van der Waals surface area contributed by atoms with Gasteiger partial charge in [0.05, 0.1) is 6.10 Å². The summed E-state index contributed by atoms with van der Waals surface area (Å²) >= 11 is 0. The van der Waals surface area contributed by atoms with Crippen LogP contribution in [0.3, 0.4) is 0 Å². The predicted octanol–water partition coefficient (Wildman–Crippen LogP) is 7.29. The first kappa shape index (κ1) is 21.7. The number of aliphatic hydroxyl groups excluding tert-OH is 1. The molecular weight excluding hydrogens is 366 g/mol. The molecule has 0 saturated heterocycles. The Kier molecular flexibility index (Phi) is 5.92. The molecule has 0 aliphatic heterocycles. The van der Waals surface area contributed by atoms with Crippen molar-refractivity contribution in [2.45, 2.75) is 85.7 Å². The van der Waals surface area contributed by atoms with Gasteiger partial charge in [-0.05, 0) is 93.6 Å². The molecule has 1 aromatic carbocycles. The second kappa shape index (κ2) is 8.19. The smallest absolute Gasteiger partial charge is 0.0604 e. The third-order valence-electron chi connectivity index (χ3n) is 9.31. The summed E-state index contributed by atoms with van der Waals surface area (Å²) in [4.78, 5) is 3.49. The van der Waals surface area contributed by atoms with Gasteiger partial charge in [-0.3, -0.25) is 0 Å². The molecule has 0 bridgehead atoms. The molecule has 2 aliphatic rings. The molecule has 0 unspecified atom stereocenters. The number of aromatic nitrogens is 1. The van der Waals surface area contributed by atoms with E-state index in [2.05, 4.69) is 76.1 Å². The minimum atomic E-state index is -0.192. The lowest BCUT2D eigenvalue weighted by molar-refractivity contribution is -0.206. The van der Waals surface area contributed by atoms with Gasteiger partial charge in [0.1, 0.15) is 0 Å². The van der Waals surface area contributed by atoms with E-state index in [0.717, 1.165) is 32.1 Å². The maximum Gasteiger partial charge on any atom is 0.0604 e. The van der Waals surface area contributed by atoms with Crippen LogP contribution in [0.5, 0.6) is 0 Å². The lowest BCUT2D eigenvalue weighted by Gasteiger charge is -2.65. The highest BCUT2D eigenvalue weighted by molar-refractivity contribution is 5.83. The Morgan fingerprint density at radius 1 is 1.17 bits per heavy atom. The molecule has 6 atom stereocenters. The molecule has 4 rings (SSSR count). The van der Waals surface area contributed by atoms with Crippen LogP contribution >= 0.6 is 0 Å². The van der Waals surface area contributed by atoms with Gasteiger partial charge in [-0.2, -0.15) is 0 Å². The summed E-state index contributed by atoms with van der Waals surface area (Å²) in [6, 6.07) is 8.69. The Hall–Kier alpha value is -1.54. The monoisotopic (exact) mass is 407 g/mol. The fraction of sp³-hybridized carbons (Fsp3) is 0.643. The number of benzene rings is 1. The van der Waals surface area contributed by atoms with Gasteiger partial charge in [0, 0.05) is 22.5 Å². The van der Waals surface area contributed by atoms with Gasteiger partial charge in [0.25, 0.3) is 0 Å². The Labute approximate surface area is 183 Å². The quantitative estimate of drug-likeness (QED) is 0.502. The first-order chi connectivity index (χ1) is 14.3. The van der Waals surface area contributed by atoms with Crippen molar-refractivity contribution in [2.24, 2.45) is 28.6 Å². The average molecular weight is 408 g/mol. The molecule has 0 radical (unpaired) electrons. The molecule has 1 aromatic heterocycles. The second-order valence-electron chi connectivity index (χ2n) is 11.0. The number of nitrogens with one attached hydrogen (secondary N) is 1. The standard InChI is InChI=1S/C28H41NO/c1-19(2)9-8-15-28-24(17-22-18-29-25-11-7-6-10-23(22)25)20(3)14-16-27(28,5)21(4)12-13-26(28)30/h6-7,9-11,18,20-21,24,26,29-30H,8,12-17H2,1-5H3/t20-,21-,24-,26+,27+,28-/m0/s1. The van der Waals surface area contributed by atoms with Crippen LogP contribution in [0.25, 0.3) is 10.9 Å². The minimum absolute atomic E-state index is 0.00728. The van der Waals surface area contributed by atoms with E-state index in [1.807, 2.05) is 0 Å². The summed E-state index contributed by atoms with van der Waals surface area (Å²) in [5, 5.41) is 13.1. The third-order valence-corrected chi connectivity index (χ3v) is 9.31. The van der Waals surface area contributed by atoms with Gasteiger partial charge in [-0.15, -0.1) is 0 Å². The average Bonchev–Trinajstić information content (AvgIpc) is 3.12. The first-order valence-electron chi connectivity index (χ1n) is 12.2. The molecule has 0 amide bonds. The van der Waals surface area contributed by atoms with Gasteiger partial charge < -0.3 is 10.1 Å². The Bertz CT molecular complexity index is 906. The molecule has 30 heavy (non-hydrogen) atoms. The zero-order valence-corrected chi connectivity index (χ0v) is 19.7. The number of aromatic amines is 1. The van der Waals surface area contributed by atoms with Crippen LogP contribution in [0, 0.1) is 28.6 Å². The molecule has 1 heterocycles. The fourth-order valence-electron chi connectivity index (χ4n) is 7.37. The van der Waals surface area contributed by atoms with Crippen LogP contribution in [0.4, 0.5) is 0 Å². The second-order valence-corrected chi connectivity index (χ2v) is 11.0. The maximum absolute atomic E-state index is 11.7. The van der Waals surface area contributed by atoms with E-state index in [-0.39, 0.29) is 16.9 Å². The Morgan fingerprint density at radius 2 is 1.93 bits per heavy atom. The first-order valence-corrected chi connectivity index (χ1v) is 12.2. The van der Waals surface area contributed by atoms with Crippen LogP contribution in [0.1, 0.15) is 78.7 Å². The molecule has 2 nitrogen and oxygen atoms in total. The Morgan fingerprint density at radius 3 is 2.70 bits per heavy atom. The number of aliphatic hydroxyl groups is 1. The summed E-state index contributed by atoms with van der Waals surface area (Å²) < 4.78 is 0.